The Morgan fingerprint density at radius 3 is 2.84 bits per heavy atom. The summed E-state index contributed by atoms with van der Waals surface area (Å²) in [5.74, 6) is 1.35. The minimum Gasteiger partial charge on any atom is -0.368 e. The van der Waals surface area contributed by atoms with Crippen LogP contribution in [0.5, 0.6) is 0 Å². The van der Waals surface area contributed by atoms with Crippen LogP contribution < -0.4 is 5.73 Å². The molecule has 8 heteroatoms. The largest absolute Gasteiger partial charge is 0.368 e. The van der Waals surface area contributed by atoms with E-state index in [0.717, 1.165) is 9.13 Å². The van der Waals surface area contributed by atoms with E-state index in [1.165, 1.54) is 16.3 Å². The standard InChI is InChI=1S/C11H9IN6S/c1-19-11-15-9(13)18-10(16-11)14-8(17-18)6-3-2-4-7(12)5-6/h2-5H,1H3,(H2,13,14,15,16,17). The normalized spacial score (nSPS) is 11.1. The zero-order chi connectivity index (χ0) is 13.4. The summed E-state index contributed by atoms with van der Waals surface area (Å²) in [7, 11) is 0. The number of anilines is 1. The third-order valence-electron chi connectivity index (χ3n) is 2.48. The topological polar surface area (TPSA) is 82.0 Å². The van der Waals surface area contributed by atoms with Crippen LogP contribution in [-0.2, 0) is 0 Å². The number of nitrogens with two attached hydrogens (primary N) is 1. The molecule has 0 aliphatic heterocycles. The zero-order valence-electron chi connectivity index (χ0n) is 9.91. The highest BCUT2D eigenvalue weighted by atomic mass is 127. The van der Waals surface area contributed by atoms with Gasteiger partial charge in [0.25, 0.3) is 5.78 Å². The fraction of sp³-hybridized carbons (Fsp3) is 0.0909. The van der Waals surface area contributed by atoms with Crippen LogP contribution in [0.2, 0.25) is 0 Å². The summed E-state index contributed by atoms with van der Waals surface area (Å²) in [5.41, 5.74) is 6.78. The van der Waals surface area contributed by atoms with E-state index in [9.17, 15) is 0 Å². The van der Waals surface area contributed by atoms with E-state index in [0.29, 0.717) is 22.7 Å². The molecule has 0 aliphatic rings. The molecule has 0 saturated heterocycles. The lowest BCUT2D eigenvalue weighted by Gasteiger charge is -1.97. The maximum atomic E-state index is 5.85. The van der Waals surface area contributed by atoms with E-state index in [4.69, 9.17) is 5.73 Å². The van der Waals surface area contributed by atoms with Crippen molar-refractivity contribution in [3.05, 3.63) is 27.8 Å². The molecule has 0 radical (unpaired) electrons. The van der Waals surface area contributed by atoms with E-state index in [-0.39, 0.29) is 0 Å². The van der Waals surface area contributed by atoms with E-state index in [2.05, 4.69) is 42.6 Å². The third kappa shape index (κ3) is 2.37. The van der Waals surface area contributed by atoms with Crippen molar-refractivity contribution < 1.29 is 0 Å². The summed E-state index contributed by atoms with van der Waals surface area (Å²) < 4.78 is 2.58. The molecule has 0 amide bonds. The molecule has 0 bridgehead atoms. The van der Waals surface area contributed by atoms with E-state index < -0.39 is 0 Å². The molecular formula is C11H9IN6S. The van der Waals surface area contributed by atoms with Gasteiger partial charge in [0.1, 0.15) is 0 Å². The van der Waals surface area contributed by atoms with E-state index >= 15 is 0 Å². The first kappa shape index (κ1) is 12.6. The van der Waals surface area contributed by atoms with Gasteiger partial charge in [-0.15, -0.1) is 5.10 Å². The lowest BCUT2D eigenvalue weighted by molar-refractivity contribution is 0.851. The van der Waals surface area contributed by atoms with Gasteiger partial charge in [-0.05, 0) is 41.0 Å². The quantitative estimate of drug-likeness (QED) is 0.538. The number of fused-ring (bicyclic) bond motifs is 1. The van der Waals surface area contributed by atoms with Crippen LogP contribution in [0, 0.1) is 3.57 Å². The summed E-state index contributed by atoms with van der Waals surface area (Å²) in [6.45, 7) is 0. The predicted molar refractivity (Wildman–Crippen MR) is 82.9 cm³/mol. The first-order valence-corrected chi connectivity index (χ1v) is 7.68. The van der Waals surface area contributed by atoms with Gasteiger partial charge in [0, 0.05) is 9.13 Å². The maximum absolute atomic E-state index is 5.85. The van der Waals surface area contributed by atoms with Gasteiger partial charge in [-0.25, -0.2) is 0 Å². The first-order chi connectivity index (χ1) is 9.17. The first-order valence-electron chi connectivity index (χ1n) is 5.37. The minimum atomic E-state index is 0.290. The van der Waals surface area contributed by atoms with Crippen LogP contribution in [0.4, 0.5) is 5.95 Å². The molecule has 2 aromatic heterocycles. The number of hydrogen-bond acceptors (Lipinski definition) is 6. The van der Waals surface area contributed by atoms with Crippen molar-refractivity contribution in [2.45, 2.75) is 5.16 Å². The van der Waals surface area contributed by atoms with E-state index in [1.807, 2.05) is 30.5 Å². The van der Waals surface area contributed by atoms with Crippen molar-refractivity contribution in [1.29, 1.82) is 0 Å². The molecule has 19 heavy (non-hydrogen) atoms. The summed E-state index contributed by atoms with van der Waals surface area (Å²) in [4.78, 5) is 12.8. The third-order valence-corrected chi connectivity index (χ3v) is 3.70. The molecule has 2 N–H and O–H groups in total. The average Bonchev–Trinajstić information content (AvgIpc) is 2.83. The summed E-state index contributed by atoms with van der Waals surface area (Å²) in [5, 5.41) is 4.93. The lowest BCUT2D eigenvalue weighted by atomic mass is 10.2. The highest BCUT2D eigenvalue weighted by Crippen LogP contribution is 2.20. The van der Waals surface area contributed by atoms with Gasteiger partial charge in [0.05, 0.1) is 0 Å². The lowest BCUT2D eigenvalue weighted by Crippen LogP contribution is -2.04. The number of rotatable bonds is 2. The Balaban J connectivity index is 2.19. The Morgan fingerprint density at radius 1 is 1.26 bits per heavy atom. The van der Waals surface area contributed by atoms with Crippen LogP contribution in [0.25, 0.3) is 17.2 Å². The van der Waals surface area contributed by atoms with Crippen molar-refractivity contribution in [2.24, 2.45) is 0 Å². The second-order valence-electron chi connectivity index (χ2n) is 3.73. The SMILES string of the molecule is CSc1nc(N)n2nc(-c3cccc(I)c3)nc2n1. The monoisotopic (exact) mass is 384 g/mol. The second-order valence-corrected chi connectivity index (χ2v) is 5.75. The molecular weight excluding hydrogens is 375 g/mol. The number of hydrogen-bond donors (Lipinski definition) is 1. The molecule has 0 saturated carbocycles. The Kier molecular flexibility index (Phi) is 3.27. The molecule has 3 rings (SSSR count). The molecule has 1 aromatic carbocycles. The smallest absolute Gasteiger partial charge is 0.258 e. The Morgan fingerprint density at radius 2 is 2.11 bits per heavy atom. The van der Waals surface area contributed by atoms with Crippen LogP contribution in [0.3, 0.4) is 0 Å². The number of thioether (sulfide) groups is 1. The van der Waals surface area contributed by atoms with Gasteiger partial charge in [0.15, 0.2) is 11.0 Å². The highest BCUT2D eigenvalue weighted by molar-refractivity contribution is 14.1. The molecule has 0 unspecified atom stereocenters. The van der Waals surface area contributed by atoms with Crippen molar-refractivity contribution in [1.82, 2.24) is 24.6 Å². The van der Waals surface area contributed by atoms with Crippen LogP contribution in [0.1, 0.15) is 0 Å². The molecule has 3 aromatic rings. The summed E-state index contributed by atoms with van der Waals surface area (Å²) in [6, 6.07) is 7.94. The van der Waals surface area contributed by atoms with Crippen molar-refractivity contribution in [3.63, 3.8) is 0 Å². The molecule has 0 aliphatic carbocycles. The molecule has 2 heterocycles. The van der Waals surface area contributed by atoms with E-state index in [1.54, 1.807) is 0 Å². The van der Waals surface area contributed by atoms with Gasteiger partial charge in [-0.2, -0.15) is 19.5 Å². The van der Waals surface area contributed by atoms with Gasteiger partial charge >= 0.3 is 0 Å². The zero-order valence-corrected chi connectivity index (χ0v) is 12.9. The predicted octanol–water partition coefficient (Wildman–Crippen LogP) is 2.09. The Bertz CT molecular complexity index is 756. The van der Waals surface area contributed by atoms with Crippen molar-refractivity contribution in [3.8, 4) is 11.4 Å². The van der Waals surface area contributed by atoms with Gasteiger partial charge in [0.2, 0.25) is 5.95 Å². The van der Waals surface area contributed by atoms with Gasteiger partial charge < -0.3 is 5.73 Å². The summed E-state index contributed by atoms with van der Waals surface area (Å²) >= 11 is 3.67. The fourth-order valence-electron chi connectivity index (χ4n) is 1.63. The summed E-state index contributed by atoms with van der Waals surface area (Å²) in [6.07, 6.45) is 1.89. The number of nitrogen functional groups attached to an aromatic ring is 1. The number of aromatic nitrogens is 5. The Labute approximate surface area is 127 Å². The fourth-order valence-corrected chi connectivity index (χ4v) is 2.53. The highest BCUT2D eigenvalue weighted by Gasteiger charge is 2.11. The van der Waals surface area contributed by atoms with Crippen LogP contribution >= 0.6 is 34.4 Å². The molecule has 6 nitrogen and oxygen atoms in total. The number of halogens is 1. The number of nitrogens with zero attached hydrogens (tertiary/aromatic N) is 5. The molecule has 0 spiro atoms. The molecule has 0 atom stereocenters. The van der Waals surface area contributed by atoms with Crippen molar-refractivity contribution in [2.75, 3.05) is 12.0 Å². The second kappa shape index (κ2) is 4.93. The minimum absolute atomic E-state index is 0.290. The average molecular weight is 384 g/mol. The van der Waals surface area contributed by atoms with Gasteiger partial charge in [-0.3, -0.25) is 0 Å². The molecule has 0 fully saturated rings. The van der Waals surface area contributed by atoms with Crippen molar-refractivity contribution >= 4 is 46.1 Å². The molecule has 96 valence electrons. The van der Waals surface area contributed by atoms with Crippen LogP contribution in [-0.4, -0.2) is 30.8 Å². The van der Waals surface area contributed by atoms with Crippen LogP contribution in [0.15, 0.2) is 29.4 Å². The maximum Gasteiger partial charge on any atom is 0.258 e. The van der Waals surface area contributed by atoms with Gasteiger partial charge in [-0.1, -0.05) is 23.9 Å². The number of benzene rings is 1. The Hall–Kier alpha value is -1.42.